The molecule has 2 unspecified atom stereocenters. The number of thioether (sulfide) groups is 1. The minimum absolute atomic E-state index is 0.262. The number of aliphatic hydroxyl groups is 1. The number of nitrogens with one attached hydrogen (secondary N) is 1. The summed E-state index contributed by atoms with van der Waals surface area (Å²) in [5, 5.41) is 12.8. The van der Waals surface area contributed by atoms with Gasteiger partial charge in [-0.2, -0.15) is 11.8 Å². The Kier molecular flexibility index (Phi) is 4.74. The molecule has 0 radical (unpaired) electrons. The van der Waals surface area contributed by atoms with Gasteiger partial charge in [0.15, 0.2) is 0 Å². The van der Waals surface area contributed by atoms with E-state index in [2.05, 4.69) is 26.1 Å². The lowest BCUT2D eigenvalue weighted by Gasteiger charge is -2.27. The molecule has 0 aromatic rings. The van der Waals surface area contributed by atoms with Crippen molar-refractivity contribution in [2.45, 2.75) is 45.7 Å². The largest absolute Gasteiger partial charge is 0.395 e. The first-order chi connectivity index (χ1) is 6.51. The average Bonchev–Trinajstić information content (AvgIpc) is 2.53. The summed E-state index contributed by atoms with van der Waals surface area (Å²) in [5.41, 5.74) is 0.298. The van der Waals surface area contributed by atoms with E-state index in [1.54, 1.807) is 0 Å². The van der Waals surface area contributed by atoms with Crippen molar-refractivity contribution in [2.24, 2.45) is 5.41 Å². The van der Waals surface area contributed by atoms with E-state index in [1.807, 2.05) is 11.8 Å². The minimum Gasteiger partial charge on any atom is -0.395 e. The van der Waals surface area contributed by atoms with Gasteiger partial charge in [0.25, 0.3) is 0 Å². The zero-order valence-electron chi connectivity index (χ0n) is 9.55. The van der Waals surface area contributed by atoms with Gasteiger partial charge in [0, 0.05) is 17.8 Å². The summed E-state index contributed by atoms with van der Waals surface area (Å²) in [7, 11) is 0. The Morgan fingerprint density at radius 2 is 2.21 bits per heavy atom. The molecule has 0 bridgehead atoms. The van der Waals surface area contributed by atoms with E-state index in [1.165, 1.54) is 17.9 Å². The molecule has 3 heteroatoms. The van der Waals surface area contributed by atoms with Crippen LogP contribution in [0.3, 0.4) is 0 Å². The van der Waals surface area contributed by atoms with Gasteiger partial charge in [0.2, 0.25) is 0 Å². The van der Waals surface area contributed by atoms with Gasteiger partial charge in [-0.25, -0.2) is 0 Å². The second-order valence-corrected chi connectivity index (χ2v) is 6.52. The van der Waals surface area contributed by atoms with Crippen molar-refractivity contribution < 1.29 is 5.11 Å². The molecule has 84 valence electrons. The smallest absolute Gasteiger partial charge is 0.0584 e. The lowest BCUT2D eigenvalue weighted by atomic mass is 9.88. The molecule has 1 saturated heterocycles. The molecule has 2 N–H and O–H groups in total. The first kappa shape index (κ1) is 12.3. The predicted molar refractivity (Wildman–Crippen MR) is 63.8 cm³/mol. The van der Waals surface area contributed by atoms with Crippen molar-refractivity contribution in [1.29, 1.82) is 0 Å². The molecule has 2 atom stereocenters. The fraction of sp³-hybridized carbons (Fsp3) is 1.00. The van der Waals surface area contributed by atoms with Crippen LogP contribution < -0.4 is 5.32 Å². The Morgan fingerprint density at radius 3 is 2.64 bits per heavy atom. The van der Waals surface area contributed by atoms with Crippen LogP contribution in [0.1, 0.15) is 33.6 Å². The highest BCUT2D eigenvalue weighted by molar-refractivity contribution is 7.99. The fourth-order valence-electron chi connectivity index (χ4n) is 1.91. The van der Waals surface area contributed by atoms with Crippen LogP contribution in [0.2, 0.25) is 0 Å². The molecule has 0 spiro atoms. The highest BCUT2D eigenvalue weighted by Gasteiger charge is 2.22. The summed E-state index contributed by atoms with van der Waals surface area (Å²) < 4.78 is 0. The molecular formula is C11H23NOS. The zero-order valence-corrected chi connectivity index (χ0v) is 10.4. The van der Waals surface area contributed by atoms with E-state index >= 15 is 0 Å². The van der Waals surface area contributed by atoms with Gasteiger partial charge in [-0.1, -0.05) is 20.8 Å². The Hall–Kier alpha value is 0.270. The third kappa shape index (κ3) is 4.67. The number of rotatable bonds is 4. The van der Waals surface area contributed by atoms with Crippen molar-refractivity contribution in [3.8, 4) is 0 Å². The molecule has 1 aliphatic heterocycles. The van der Waals surface area contributed by atoms with Crippen molar-refractivity contribution in [2.75, 3.05) is 18.1 Å². The summed E-state index contributed by atoms with van der Waals surface area (Å²) in [4.78, 5) is 0. The molecule has 2 nitrogen and oxygen atoms in total. The molecule has 14 heavy (non-hydrogen) atoms. The van der Waals surface area contributed by atoms with Crippen molar-refractivity contribution in [3.05, 3.63) is 0 Å². The average molecular weight is 217 g/mol. The zero-order chi connectivity index (χ0) is 10.6. The standard InChI is InChI=1S/C11H23NOS/c1-11(2,3)6-10(7-13)12-9-4-5-14-8-9/h9-10,12-13H,4-8H2,1-3H3. The molecule has 1 heterocycles. The summed E-state index contributed by atoms with van der Waals surface area (Å²) in [6, 6.07) is 0.901. The normalized spacial score (nSPS) is 25.3. The molecule has 0 aliphatic carbocycles. The van der Waals surface area contributed by atoms with Crippen LogP contribution >= 0.6 is 11.8 Å². The molecular weight excluding hydrogens is 194 g/mol. The summed E-state index contributed by atoms with van der Waals surface area (Å²) >= 11 is 2.01. The second kappa shape index (κ2) is 5.38. The maximum absolute atomic E-state index is 9.28. The van der Waals surface area contributed by atoms with Crippen molar-refractivity contribution in [1.82, 2.24) is 5.32 Å². The molecule has 1 fully saturated rings. The van der Waals surface area contributed by atoms with Crippen LogP contribution in [-0.2, 0) is 0 Å². The quantitative estimate of drug-likeness (QED) is 0.754. The van der Waals surface area contributed by atoms with Gasteiger partial charge in [-0.15, -0.1) is 0 Å². The number of hydrogen-bond donors (Lipinski definition) is 2. The van der Waals surface area contributed by atoms with Gasteiger partial charge >= 0.3 is 0 Å². The lowest BCUT2D eigenvalue weighted by Crippen LogP contribution is -2.42. The van der Waals surface area contributed by atoms with Crippen molar-refractivity contribution in [3.63, 3.8) is 0 Å². The van der Waals surface area contributed by atoms with Gasteiger partial charge < -0.3 is 10.4 Å². The SMILES string of the molecule is CC(C)(C)CC(CO)NC1CCSC1. The summed E-state index contributed by atoms with van der Waals surface area (Å²) in [5.74, 6) is 2.48. The maximum Gasteiger partial charge on any atom is 0.0584 e. The monoisotopic (exact) mass is 217 g/mol. The number of aliphatic hydroxyl groups excluding tert-OH is 1. The van der Waals surface area contributed by atoms with E-state index in [0.717, 1.165) is 6.42 Å². The molecule has 0 amide bonds. The second-order valence-electron chi connectivity index (χ2n) is 5.37. The van der Waals surface area contributed by atoms with Gasteiger partial charge in [-0.3, -0.25) is 0 Å². The number of hydrogen-bond acceptors (Lipinski definition) is 3. The van der Waals surface area contributed by atoms with E-state index < -0.39 is 0 Å². The Labute approximate surface area is 91.9 Å². The molecule has 0 aromatic heterocycles. The molecule has 1 rings (SSSR count). The van der Waals surface area contributed by atoms with Crippen LogP contribution in [0.5, 0.6) is 0 Å². The Morgan fingerprint density at radius 1 is 1.50 bits per heavy atom. The van der Waals surface area contributed by atoms with E-state index in [-0.39, 0.29) is 12.6 Å². The van der Waals surface area contributed by atoms with Crippen LogP contribution in [0.25, 0.3) is 0 Å². The maximum atomic E-state index is 9.28. The molecule has 0 saturated carbocycles. The van der Waals surface area contributed by atoms with Crippen LogP contribution in [-0.4, -0.2) is 35.3 Å². The minimum atomic E-state index is 0.262. The van der Waals surface area contributed by atoms with Gasteiger partial charge in [0.05, 0.1) is 6.61 Å². The highest BCUT2D eigenvalue weighted by Crippen LogP contribution is 2.23. The summed E-state index contributed by atoms with van der Waals surface area (Å²) in [6.07, 6.45) is 2.30. The Bertz CT molecular complexity index is 161. The van der Waals surface area contributed by atoms with E-state index in [0.29, 0.717) is 11.5 Å². The molecule has 0 aromatic carbocycles. The lowest BCUT2D eigenvalue weighted by molar-refractivity contribution is 0.191. The third-order valence-electron chi connectivity index (χ3n) is 2.48. The van der Waals surface area contributed by atoms with Gasteiger partial charge in [0.1, 0.15) is 0 Å². The predicted octanol–water partition coefficient (Wildman–Crippen LogP) is 1.88. The van der Waals surface area contributed by atoms with E-state index in [4.69, 9.17) is 0 Å². The van der Waals surface area contributed by atoms with E-state index in [9.17, 15) is 5.11 Å². The fourth-order valence-corrected chi connectivity index (χ4v) is 3.08. The third-order valence-corrected chi connectivity index (χ3v) is 3.64. The van der Waals surface area contributed by atoms with Crippen LogP contribution in [0.15, 0.2) is 0 Å². The summed E-state index contributed by atoms with van der Waals surface area (Å²) in [6.45, 7) is 6.93. The first-order valence-electron chi connectivity index (χ1n) is 5.46. The van der Waals surface area contributed by atoms with Crippen LogP contribution in [0.4, 0.5) is 0 Å². The van der Waals surface area contributed by atoms with Crippen LogP contribution in [0, 0.1) is 5.41 Å². The van der Waals surface area contributed by atoms with Gasteiger partial charge in [-0.05, 0) is 24.0 Å². The Balaban J connectivity index is 2.30. The highest BCUT2D eigenvalue weighted by atomic mass is 32.2. The topological polar surface area (TPSA) is 32.3 Å². The van der Waals surface area contributed by atoms with Crippen molar-refractivity contribution >= 4 is 11.8 Å². The first-order valence-corrected chi connectivity index (χ1v) is 6.61. The molecule has 1 aliphatic rings.